The minimum atomic E-state index is -0.180. The summed E-state index contributed by atoms with van der Waals surface area (Å²) in [7, 11) is 0. The fourth-order valence-corrected chi connectivity index (χ4v) is 3.97. The number of aromatic nitrogens is 3. The Labute approximate surface area is 157 Å². The first-order valence-electron chi connectivity index (χ1n) is 9.07. The van der Waals surface area contributed by atoms with E-state index in [9.17, 15) is 9.59 Å². The normalized spacial score (nSPS) is 15.5. The van der Waals surface area contributed by atoms with Crippen molar-refractivity contribution in [1.29, 1.82) is 0 Å². The van der Waals surface area contributed by atoms with Gasteiger partial charge in [-0.05, 0) is 31.1 Å². The Bertz CT molecular complexity index is 843. The third-order valence-electron chi connectivity index (χ3n) is 4.86. The zero-order chi connectivity index (χ0) is 18.9. The Kier molecular flexibility index (Phi) is 5.34. The number of carbonyl (C=O) groups excluding carboxylic acids is 1. The van der Waals surface area contributed by atoms with Crippen LogP contribution in [0.5, 0.6) is 0 Å². The highest BCUT2D eigenvalue weighted by Gasteiger charge is 2.25. The fraction of sp³-hybridized carbons (Fsp3) is 0.611. The molecule has 1 amide bonds. The van der Waals surface area contributed by atoms with Crippen molar-refractivity contribution in [3.05, 3.63) is 32.7 Å². The van der Waals surface area contributed by atoms with Crippen molar-refractivity contribution >= 4 is 22.4 Å². The Balaban J connectivity index is 1.59. The molecular weight excluding hydrogens is 350 g/mol. The molecule has 2 aromatic heterocycles. The molecule has 1 aliphatic carbocycles. The van der Waals surface area contributed by atoms with Gasteiger partial charge >= 0.3 is 0 Å². The van der Waals surface area contributed by atoms with E-state index in [4.69, 9.17) is 5.73 Å². The van der Waals surface area contributed by atoms with Crippen molar-refractivity contribution in [2.45, 2.75) is 65.5 Å². The molecule has 26 heavy (non-hydrogen) atoms. The number of amides is 1. The number of rotatable bonds is 5. The summed E-state index contributed by atoms with van der Waals surface area (Å²) in [4.78, 5) is 28.7. The number of nitrogens with zero attached hydrogens (tertiary/aromatic N) is 2. The smallest absolute Gasteiger partial charge is 0.267 e. The SMILES string of the molecule is CC(C)(C)[C@@H](N)c1csc(NC(=O)CCn2[nH]c(=O)c3c2CCCC3)n1. The topological polar surface area (TPSA) is 106 Å². The minimum absolute atomic E-state index is 0.0131. The largest absolute Gasteiger partial charge is 0.322 e. The first-order valence-corrected chi connectivity index (χ1v) is 9.95. The number of nitrogens with one attached hydrogen (secondary N) is 2. The second-order valence-electron chi connectivity index (χ2n) is 7.94. The Morgan fingerprint density at radius 3 is 2.88 bits per heavy atom. The molecule has 0 radical (unpaired) electrons. The number of aromatic amines is 1. The lowest BCUT2D eigenvalue weighted by Gasteiger charge is -2.25. The lowest BCUT2D eigenvalue weighted by atomic mass is 9.86. The monoisotopic (exact) mass is 377 g/mol. The first-order chi connectivity index (χ1) is 12.3. The third-order valence-corrected chi connectivity index (χ3v) is 5.63. The van der Waals surface area contributed by atoms with Crippen LogP contribution in [0.1, 0.15) is 63.0 Å². The molecule has 0 bridgehead atoms. The third kappa shape index (κ3) is 4.07. The van der Waals surface area contributed by atoms with E-state index in [0.717, 1.165) is 42.6 Å². The summed E-state index contributed by atoms with van der Waals surface area (Å²) in [5.74, 6) is -0.116. The second-order valence-corrected chi connectivity index (χ2v) is 8.80. The second kappa shape index (κ2) is 7.36. The summed E-state index contributed by atoms with van der Waals surface area (Å²) < 4.78 is 1.83. The minimum Gasteiger partial charge on any atom is -0.322 e. The van der Waals surface area contributed by atoms with Crippen molar-refractivity contribution in [1.82, 2.24) is 14.8 Å². The summed E-state index contributed by atoms with van der Waals surface area (Å²) in [6, 6.07) is -0.180. The highest BCUT2D eigenvalue weighted by atomic mass is 32.1. The van der Waals surface area contributed by atoms with E-state index in [-0.39, 0.29) is 29.3 Å². The molecule has 0 fully saturated rings. The molecule has 0 saturated heterocycles. The standard InChI is InChI=1S/C18H27N5O2S/c1-18(2,3)15(19)12-10-26-17(20-12)21-14(24)8-9-23-13-7-5-4-6-11(13)16(25)22-23/h10,15H,4-9,19H2,1-3H3,(H,22,25)(H,20,21,24)/t15-/m0/s1. The van der Waals surface area contributed by atoms with Crippen LogP contribution in [-0.4, -0.2) is 20.7 Å². The Morgan fingerprint density at radius 2 is 2.15 bits per heavy atom. The summed E-state index contributed by atoms with van der Waals surface area (Å²) in [5.41, 5.74) is 8.85. The van der Waals surface area contributed by atoms with E-state index >= 15 is 0 Å². The average Bonchev–Trinajstić information content (AvgIpc) is 3.17. The molecular formula is C18H27N5O2S. The van der Waals surface area contributed by atoms with Gasteiger partial charge in [-0.2, -0.15) is 0 Å². The molecule has 1 atom stereocenters. The van der Waals surface area contributed by atoms with Gasteiger partial charge in [0.1, 0.15) is 0 Å². The van der Waals surface area contributed by atoms with E-state index in [2.05, 4.69) is 36.2 Å². The van der Waals surface area contributed by atoms with Crippen LogP contribution in [0, 0.1) is 5.41 Å². The zero-order valence-electron chi connectivity index (χ0n) is 15.6. The van der Waals surface area contributed by atoms with Crippen molar-refractivity contribution in [2.75, 3.05) is 5.32 Å². The molecule has 4 N–H and O–H groups in total. The van der Waals surface area contributed by atoms with Crippen LogP contribution >= 0.6 is 11.3 Å². The van der Waals surface area contributed by atoms with Crippen molar-refractivity contribution in [2.24, 2.45) is 11.1 Å². The molecule has 1 aliphatic rings. The number of hydrogen-bond donors (Lipinski definition) is 3. The molecule has 3 rings (SSSR count). The quantitative estimate of drug-likeness (QED) is 0.744. The van der Waals surface area contributed by atoms with Gasteiger partial charge in [-0.25, -0.2) is 4.98 Å². The Hall–Kier alpha value is -1.93. The highest BCUT2D eigenvalue weighted by molar-refractivity contribution is 7.13. The molecule has 0 unspecified atom stereocenters. The van der Waals surface area contributed by atoms with Crippen LogP contribution in [0.3, 0.4) is 0 Å². The van der Waals surface area contributed by atoms with E-state index in [1.807, 2.05) is 10.1 Å². The number of hydrogen-bond acceptors (Lipinski definition) is 5. The average molecular weight is 378 g/mol. The molecule has 142 valence electrons. The maximum absolute atomic E-state index is 12.3. The number of anilines is 1. The molecule has 2 aromatic rings. The number of fused-ring (bicyclic) bond motifs is 1. The van der Waals surface area contributed by atoms with Crippen LogP contribution < -0.4 is 16.6 Å². The number of thiazole rings is 1. The Morgan fingerprint density at radius 1 is 1.42 bits per heavy atom. The van der Waals surface area contributed by atoms with Crippen LogP contribution in [0.25, 0.3) is 0 Å². The maximum Gasteiger partial charge on any atom is 0.267 e. The van der Waals surface area contributed by atoms with Crippen LogP contribution in [0.15, 0.2) is 10.2 Å². The zero-order valence-corrected chi connectivity index (χ0v) is 16.4. The van der Waals surface area contributed by atoms with Gasteiger partial charge < -0.3 is 11.1 Å². The van der Waals surface area contributed by atoms with Crippen LogP contribution in [-0.2, 0) is 24.2 Å². The molecule has 8 heteroatoms. The molecule has 0 spiro atoms. The summed E-state index contributed by atoms with van der Waals surface area (Å²) >= 11 is 1.38. The predicted octanol–water partition coefficient (Wildman–Crippen LogP) is 2.59. The van der Waals surface area contributed by atoms with E-state index < -0.39 is 0 Å². The first kappa shape index (κ1) is 18.8. The molecule has 0 aromatic carbocycles. The molecule has 0 aliphatic heterocycles. The lowest BCUT2D eigenvalue weighted by molar-refractivity contribution is -0.116. The van der Waals surface area contributed by atoms with E-state index in [1.165, 1.54) is 11.3 Å². The van der Waals surface area contributed by atoms with Crippen molar-refractivity contribution in [3.63, 3.8) is 0 Å². The van der Waals surface area contributed by atoms with E-state index in [1.54, 1.807) is 0 Å². The van der Waals surface area contributed by atoms with Gasteiger partial charge in [0, 0.05) is 29.6 Å². The predicted molar refractivity (Wildman–Crippen MR) is 103 cm³/mol. The van der Waals surface area contributed by atoms with Gasteiger partial charge in [-0.15, -0.1) is 11.3 Å². The number of H-pyrrole nitrogens is 1. The number of nitrogens with two attached hydrogens (primary N) is 1. The fourth-order valence-electron chi connectivity index (χ4n) is 3.21. The molecule has 7 nitrogen and oxygen atoms in total. The van der Waals surface area contributed by atoms with Crippen molar-refractivity contribution < 1.29 is 4.79 Å². The van der Waals surface area contributed by atoms with Gasteiger partial charge in [0.2, 0.25) is 5.91 Å². The molecule has 0 saturated carbocycles. The van der Waals surface area contributed by atoms with Gasteiger partial charge in [0.25, 0.3) is 5.56 Å². The van der Waals surface area contributed by atoms with Gasteiger partial charge in [0.15, 0.2) is 5.13 Å². The van der Waals surface area contributed by atoms with Crippen LogP contribution in [0.4, 0.5) is 5.13 Å². The number of aryl methyl sites for hydroxylation is 1. The van der Waals surface area contributed by atoms with Crippen molar-refractivity contribution in [3.8, 4) is 0 Å². The molecule has 2 heterocycles. The summed E-state index contributed by atoms with van der Waals surface area (Å²) in [6.07, 6.45) is 4.17. The van der Waals surface area contributed by atoms with Crippen LogP contribution in [0.2, 0.25) is 0 Å². The van der Waals surface area contributed by atoms with Gasteiger partial charge in [-0.1, -0.05) is 20.8 Å². The number of carbonyl (C=O) groups is 1. The highest BCUT2D eigenvalue weighted by Crippen LogP contribution is 2.32. The lowest BCUT2D eigenvalue weighted by Crippen LogP contribution is -2.26. The summed E-state index contributed by atoms with van der Waals surface area (Å²) in [6.45, 7) is 6.66. The maximum atomic E-state index is 12.3. The van der Waals surface area contributed by atoms with Gasteiger partial charge in [0.05, 0.1) is 11.7 Å². The summed E-state index contributed by atoms with van der Waals surface area (Å²) in [5, 5.41) is 8.15. The van der Waals surface area contributed by atoms with Gasteiger partial charge in [-0.3, -0.25) is 19.4 Å². The van der Waals surface area contributed by atoms with E-state index in [0.29, 0.717) is 11.7 Å².